The molecule has 0 bridgehead atoms. The lowest BCUT2D eigenvalue weighted by atomic mass is 10.1. The lowest BCUT2D eigenvalue weighted by molar-refractivity contribution is 0.548. The molecule has 17 heavy (non-hydrogen) atoms. The highest BCUT2D eigenvalue weighted by Gasteiger charge is 2.13. The molecule has 1 atom stereocenters. The van der Waals surface area contributed by atoms with Gasteiger partial charge in [-0.05, 0) is 44.8 Å². The molecular formula is C12H17N5. The fourth-order valence-electron chi connectivity index (χ4n) is 2.05. The molecule has 1 aliphatic heterocycles. The maximum atomic E-state index is 8.81. The normalized spacial score (nSPS) is 18.9. The van der Waals surface area contributed by atoms with E-state index in [-0.39, 0.29) is 0 Å². The largest absolute Gasteiger partial charge is 0.354 e. The van der Waals surface area contributed by atoms with Crippen molar-refractivity contribution in [2.75, 3.05) is 25.0 Å². The number of anilines is 1. The van der Waals surface area contributed by atoms with Crippen LogP contribution in [0.2, 0.25) is 0 Å². The van der Waals surface area contributed by atoms with Crippen LogP contribution < -0.4 is 10.6 Å². The number of rotatable bonds is 4. The van der Waals surface area contributed by atoms with Gasteiger partial charge in [-0.1, -0.05) is 0 Å². The molecule has 0 aromatic carbocycles. The average Bonchev–Trinajstić information content (AvgIpc) is 2.81. The maximum Gasteiger partial charge on any atom is 0.224 e. The predicted octanol–water partition coefficient (Wildman–Crippen LogP) is 1.07. The van der Waals surface area contributed by atoms with Crippen LogP contribution in [0.25, 0.3) is 0 Å². The summed E-state index contributed by atoms with van der Waals surface area (Å²) < 4.78 is 0. The predicted molar refractivity (Wildman–Crippen MR) is 65.6 cm³/mol. The van der Waals surface area contributed by atoms with Gasteiger partial charge in [0.05, 0.1) is 0 Å². The van der Waals surface area contributed by atoms with Crippen LogP contribution in [0.4, 0.5) is 5.95 Å². The van der Waals surface area contributed by atoms with Gasteiger partial charge in [0.25, 0.3) is 0 Å². The summed E-state index contributed by atoms with van der Waals surface area (Å²) >= 11 is 0. The molecule has 1 unspecified atom stereocenters. The van der Waals surface area contributed by atoms with E-state index in [4.69, 9.17) is 5.26 Å². The van der Waals surface area contributed by atoms with Crippen molar-refractivity contribution >= 4 is 5.95 Å². The Morgan fingerprint density at radius 3 is 3.18 bits per heavy atom. The highest BCUT2D eigenvalue weighted by Crippen LogP contribution is 2.12. The topological polar surface area (TPSA) is 73.6 Å². The zero-order valence-electron chi connectivity index (χ0n) is 10.0. The highest BCUT2D eigenvalue weighted by molar-refractivity contribution is 5.32. The smallest absolute Gasteiger partial charge is 0.224 e. The first-order valence-corrected chi connectivity index (χ1v) is 5.98. The van der Waals surface area contributed by atoms with Gasteiger partial charge in [-0.25, -0.2) is 9.97 Å². The Bertz CT molecular complexity index is 417. The molecule has 1 fully saturated rings. The van der Waals surface area contributed by atoms with Gasteiger partial charge in [-0.3, -0.25) is 0 Å². The van der Waals surface area contributed by atoms with E-state index in [1.807, 2.05) is 13.0 Å². The zero-order valence-corrected chi connectivity index (χ0v) is 10.0. The van der Waals surface area contributed by atoms with Crippen LogP contribution in [-0.4, -0.2) is 29.6 Å². The van der Waals surface area contributed by atoms with Gasteiger partial charge in [0.2, 0.25) is 5.95 Å². The summed E-state index contributed by atoms with van der Waals surface area (Å²) in [6, 6.07) is 3.73. The molecule has 0 amide bonds. The van der Waals surface area contributed by atoms with E-state index >= 15 is 0 Å². The second-order valence-electron chi connectivity index (χ2n) is 4.40. The van der Waals surface area contributed by atoms with Crippen LogP contribution in [0.5, 0.6) is 0 Å². The number of hydrogen-bond acceptors (Lipinski definition) is 5. The number of aryl methyl sites for hydroxylation is 1. The number of hydrogen-bond donors (Lipinski definition) is 2. The van der Waals surface area contributed by atoms with E-state index in [9.17, 15) is 0 Å². The van der Waals surface area contributed by atoms with E-state index < -0.39 is 0 Å². The van der Waals surface area contributed by atoms with Crippen molar-refractivity contribution in [1.82, 2.24) is 15.3 Å². The lowest BCUT2D eigenvalue weighted by Gasteiger charge is -2.09. The van der Waals surface area contributed by atoms with E-state index in [2.05, 4.69) is 20.6 Å². The van der Waals surface area contributed by atoms with Crippen molar-refractivity contribution in [2.24, 2.45) is 5.92 Å². The summed E-state index contributed by atoms with van der Waals surface area (Å²) in [5, 5.41) is 15.3. The van der Waals surface area contributed by atoms with Gasteiger partial charge >= 0.3 is 0 Å². The van der Waals surface area contributed by atoms with Crippen LogP contribution in [-0.2, 0) is 0 Å². The van der Waals surface area contributed by atoms with Crippen molar-refractivity contribution in [2.45, 2.75) is 19.8 Å². The molecule has 5 nitrogen and oxygen atoms in total. The minimum Gasteiger partial charge on any atom is -0.354 e. The molecular weight excluding hydrogens is 214 g/mol. The van der Waals surface area contributed by atoms with Crippen LogP contribution >= 0.6 is 0 Å². The van der Waals surface area contributed by atoms with Crippen molar-refractivity contribution in [3.63, 3.8) is 0 Å². The second-order valence-corrected chi connectivity index (χ2v) is 4.40. The monoisotopic (exact) mass is 231 g/mol. The van der Waals surface area contributed by atoms with Crippen LogP contribution in [0.1, 0.15) is 24.2 Å². The summed E-state index contributed by atoms with van der Waals surface area (Å²) in [5.41, 5.74) is 1.24. The van der Waals surface area contributed by atoms with Gasteiger partial charge in [-0.2, -0.15) is 5.26 Å². The zero-order chi connectivity index (χ0) is 12.1. The summed E-state index contributed by atoms with van der Waals surface area (Å²) in [5.74, 6) is 1.32. The molecule has 90 valence electrons. The van der Waals surface area contributed by atoms with Crippen molar-refractivity contribution < 1.29 is 0 Å². The minimum absolute atomic E-state index is 0.419. The number of nitrogens with zero attached hydrogens (tertiary/aromatic N) is 3. The second kappa shape index (κ2) is 5.60. The summed E-state index contributed by atoms with van der Waals surface area (Å²) in [4.78, 5) is 8.37. The lowest BCUT2D eigenvalue weighted by Crippen LogP contribution is -2.14. The maximum absolute atomic E-state index is 8.81. The summed E-state index contributed by atoms with van der Waals surface area (Å²) in [7, 11) is 0. The van der Waals surface area contributed by atoms with Gasteiger partial charge < -0.3 is 10.6 Å². The van der Waals surface area contributed by atoms with Gasteiger partial charge in [0, 0.05) is 12.2 Å². The van der Waals surface area contributed by atoms with Gasteiger partial charge in [0.15, 0.2) is 0 Å². The molecule has 1 aliphatic rings. The number of nitriles is 1. The van der Waals surface area contributed by atoms with Gasteiger partial charge in [-0.15, -0.1) is 0 Å². The fourth-order valence-corrected chi connectivity index (χ4v) is 2.05. The first-order valence-electron chi connectivity index (χ1n) is 5.98. The first-order chi connectivity index (χ1) is 8.28. The van der Waals surface area contributed by atoms with E-state index in [0.717, 1.165) is 37.7 Å². The van der Waals surface area contributed by atoms with Crippen molar-refractivity contribution in [3.8, 4) is 6.07 Å². The molecule has 0 aliphatic carbocycles. The highest BCUT2D eigenvalue weighted by atomic mass is 15.1. The van der Waals surface area contributed by atoms with Crippen LogP contribution in [0.3, 0.4) is 0 Å². The van der Waals surface area contributed by atoms with E-state index in [1.54, 1.807) is 6.07 Å². The third-order valence-corrected chi connectivity index (χ3v) is 2.97. The molecule has 2 N–H and O–H groups in total. The molecule has 2 rings (SSSR count). The Morgan fingerprint density at radius 1 is 1.59 bits per heavy atom. The van der Waals surface area contributed by atoms with Gasteiger partial charge in [0.1, 0.15) is 11.8 Å². The number of nitrogens with one attached hydrogen (secondary N) is 2. The molecule has 5 heteroatoms. The Hall–Kier alpha value is -1.67. The minimum atomic E-state index is 0.419. The van der Waals surface area contributed by atoms with Crippen LogP contribution in [0.15, 0.2) is 6.07 Å². The third-order valence-electron chi connectivity index (χ3n) is 2.97. The number of aromatic nitrogens is 2. The molecule has 1 saturated heterocycles. The summed E-state index contributed by atoms with van der Waals surface area (Å²) in [6.07, 6.45) is 2.37. The molecule has 0 spiro atoms. The Labute approximate surface area is 101 Å². The van der Waals surface area contributed by atoms with Crippen LogP contribution in [0, 0.1) is 24.2 Å². The molecule has 1 aromatic heterocycles. The average molecular weight is 231 g/mol. The fraction of sp³-hybridized carbons (Fsp3) is 0.583. The molecule has 2 heterocycles. The molecule has 0 radical (unpaired) electrons. The Balaban J connectivity index is 1.85. The SMILES string of the molecule is Cc1cc(C#N)nc(NCCC2CCNC2)n1. The Kier molecular flexibility index (Phi) is 3.89. The van der Waals surface area contributed by atoms with Crippen molar-refractivity contribution in [1.29, 1.82) is 5.26 Å². The Morgan fingerprint density at radius 2 is 2.47 bits per heavy atom. The molecule has 0 saturated carbocycles. The standard InChI is InChI=1S/C12H17N5/c1-9-6-11(7-13)17-12(16-9)15-5-3-10-2-4-14-8-10/h6,10,14H,2-5,8H2,1H3,(H,15,16,17). The first kappa shape index (κ1) is 11.8. The summed E-state index contributed by atoms with van der Waals surface area (Å²) in [6.45, 7) is 4.97. The molecule has 1 aromatic rings. The third kappa shape index (κ3) is 3.40. The quantitative estimate of drug-likeness (QED) is 0.810. The van der Waals surface area contributed by atoms with Crippen molar-refractivity contribution in [3.05, 3.63) is 17.5 Å². The van der Waals surface area contributed by atoms with E-state index in [0.29, 0.717) is 11.6 Å². The van der Waals surface area contributed by atoms with E-state index in [1.165, 1.54) is 6.42 Å².